The summed E-state index contributed by atoms with van der Waals surface area (Å²) in [6.45, 7) is -0.517. The standard InChI is InChI=1S/C22H20ClN3O5S/c1-31-20-9-5-6-16(22(20)28)14-24-25-21(27)15-26(18-7-3-2-4-8-18)32(29,30)19-12-10-17(23)11-13-19/h2-14,28H,15H2,1H3,(H,25,27)/b24-14-. The molecule has 0 unspecified atom stereocenters. The van der Waals surface area contributed by atoms with E-state index in [1.165, 1.54) is 37.6 Å². The maximum absolute atomic E-state index is 13.2. The van der Waals surface area contributed by atoms with Crippen LogP contribution in [0.2, 0.25) is 5.02 Å². The van der Waals surface area contributed by atoms with Crippen molar-refractivity contribution >= 4 is 39.4 Å². The van der Waals surface area contributed by atoms with Crippen molar-refractivity contribution in [2.45, 2.75) is 4.90 Å². The molecule has 3 aromatic carbocycles. The molecule has 0 atom stereocenters. The van der Waals surface area contributed by atoms with Crippen LogP contribution >= 0.6 is 11.6 Å². The summed E-state index contributed by atoms with van der Waals surface area (Å²) in [5.74, 6) is -0.557. The third-order valence-electron chi connectivity index (χ3n) is 4.38. The van der Waals surface area contributed by atoms with Crippen molar-refractivity contribution in [3.8, 4) is 11.5 Å². The summed E-state index contributed by atoms with van der Waals surface area (Å²) in [4.78, 5) is 12.5. The Morgan fingerprint density at radius 1 is 1.09 bits per heavy atom. The van der Waals surface area contributed by atoms with Gasteiger partial charge in [-0.1, -0.05) is 35.9 Å². The molecule has 0 saturated carbocycles. The molecule has 0 aromatic heterocycles. The molecule has 2 N–H and O–H groups in total. The van der Waals surface area contributed by atoms with Crippen LogP contribution in [0.5, 0.6) is 11.5 Å². The highest BCUT2D eigenvalue weighted by Crippen LogP contribution is 2.28. The molecule has 10 heteroatoms. The molecule has 0 radical (unpaired) electrons. The summed E-state index contributed by atoms with van der Waals surface area (Å²) in [5.41, 5.74) is 2.91. The number of aromatic hydroxyl groups is 1. The van der Waals surface area contributed by atoms with Crippen LogP contribution < -0.4 is 14.5 Å². The number of carbonyl (C=O) groups is 1. The molecule has 0 bridgehead atoms. The van der Waals surface area contributed by atoms with Crippen LogP contribution in [0, 0.1) is 0 Å². The number of phenols is 1. The Morgan fingerprint density at radius 3 is 2.44 bits per heavy atom. The summed E-state index contributed by atoms with van der Waals surface area (Å²) < 4.78 is 32.4. The summed E-state index contributed by atoms with van der Waals surface area (Å²) in [6, 6.07) is 18.7. The van der Waals surface area contributed by atoms with E-state index >= 15 is 0 Å². The maximum Gasteiger partial charge on any atom is 0.264 e. The maximum atomic E-state index is 13.2. The van der Waals surface area contributed by atoms with E-state index in [-0.39, 0.29) is 16.4 Å². The number of methoxy groups -OCH3 is 1. The number of rotatable bonds is 8. The Balaban J connectivity index is 1.81. The molecule has 0 fully saturated rings. The summed E-state index contributed by atoms with van der Waals surface area (Å²) in [7, 11) is -2.64. The zero-order valence-electron chi connectivity index (χ0n) is 17.0. The SMILES string of the molecule is COc1cccc(/C=N\NC(=O)CN(c2ccccc2)S(=O)(=O)c2ccc(Cl)cc2)c1O. The highest BCUT2D eigenvalue weighted by molar-refractivity contribution is 7.92. The lowest BCUT2D eigenvalue weighted by Crippen LogP contribution is -2.39. The van der Waals surface area contributed by atoms with Gasteiger partial charge in [0.05, 0.1) is 23.9 Å². The Bertz CT molecular complexity index is 1220. The van der Waals surface area contributed by atoms with E-state index in [9.17, 15) is 18.3 Å². The van der Waals surface area contributed by atoms with Gasteiger partial charge in [-0.25, -0.2) is 13.8 Å². The minimum Gasteiger partial charge on any atom is -0.504 e. The zero-order chi connectivity index (χ0) is 23.1. The molecule has 0 heterocycles. The average Bonchev–Trinajstić information content (AvgIpc) is 2.79. The molecule has 8 nitrogen and oxygen atoms in total. The van der Waals surface area contributed by atoms with Gasteiger partial charge in [-0.15, -0.1) is 0 Å². The third-order valence-corrected chi connectivity index (χ3v) is 6.42. The number of hydrogen-bond donors (Lipinski definition) is 2. The van der Waals surface area contributed by atoms with Gasteiger partial charge in [-0.05, 0) is 48.5 Å². The predicted octanol–water partition coefficient (Wildman–Crippen LogP) is 3.40. The quantitative estimate of drug-likeness (QED) is 0.385. The first-order valence-corrected chi connectivity index (χ1v) is 11.2. The average molecular weight is 474 g/mol. The van der Waals surface area contributed by atoms with E-state index < -0.39 is 22.5 Å². The van der Waals surface area contributed by atoms with Crippen molar-refractivity contribution in [3.05, 3.63) is 83.4 Å². The van der Waals surface area contributed by atoms with Gasteiger partial charge in [0.1, 0.15) is 6.54 Å². The van der Waals surface area contributed by atoms with E-state index in [0.29, 0.717) is 16.3 Å². The topological polar surface area (TPSA) is 108 Å². The highest BCUT2D eigenvalue weighted by atomic mass is 35.5. The molecule has 0 spiro atoms. The lowest BCUT2D eigenvalue weighted by atomic mass is 10.2. The van der Waals surface area contributed by atoms with E-state index in [2.05, 4.69) is 10.5 Å². The Morgan fingerprint density at radius 2 is 1.78 bits per heavy atom. The van der Waals surface area contributed by atoms with Crippen molar-refractivity contribution in [3.63, 3.8) is 0 Å². The largest absolute Gasteiger partial charge is 0.504 e. The first-order chi connectivity index (χ1) is 15.3. The van der Waals surface area contributed by atoms with Gasteiger partial charge in [-0.3, -0.25) is 9.10 Å². The van der Waals surface area contributed by atoms with E-state index in [4.69, 9.17) is 16.3 Å². The number of para-hydroxylation sites is 2. The number of hydrazone groups is 1. The zero-order valence-corrected chi connectivity index (χ0v) is 18.5. The molecular weight excluding hydrogens is 454 g/mol. The molecule has 0 aliphatic rings. The highest BCUT2D eigenvalue weighted by Gasteiger charge is 2.27. The van der Waals surface area contributed by atoms with Gasteiger partial charge in [0.2, 0.25) is 0 Å². The number of nitrogens with zero attached hydrogens (tertiary/aromatic N) is 2. The lowest BCUT2D eigenvalue weighted by molar-refractivity contribution is -0.119. The van der Waals surface area contributed by atoms with E-state index in [1.54, 1.807) is 48.5 Å². The predicted molar refractivity (Wildman–Crippen MR) is 123 cm³/mol. The Hall–Kier alpha value is -3.56. The first kappa shape index (κ1) is 23.1. The summed E-state index contributed by atoms with van der Waals surface area (Å²) in [6.07, 6.45) is 1.23. The monoisotopic (exact) mass is 473 g/mol. The fourth-order valence-corrected chi connectivity index (χ4v) is 4.34. The minimum absolute atomic E-state index is 0.0108. The normalized spacial score (nSPS) is 11.3. The molecule has 3 rings (SSSR count). The number of halogens is 1. The van der Waals surface area contributed by atoms with E-state index in [1.807, 2.05) is 0 Å². The summed E-state index contributed by atoms with van der Waals surface area (Å²) >= 11 is 5.87. The van der Waals surface area contributed by atoms with Crippen molar-refractivity contribution in [1.29, 1.82) is 0 Å². The fraction of sp³-hybridized carbons (Fsp3) is 0.0909. The van der Waals surface area contributed by atoms with Gasteiger partial charge in [0.25, 0.3) is 15.9 Å². The lowest BCUT2D eigenvalue weighted by Gasteiger charge is -2.23. The number of amides is 1. The number of phenolic OH excluding ortho intramolecular Hbond substituents is 1. The number of nitrogens with one attached hydrogen (secondary N) is 1. The van der Waals surface area contributed by atoms with Gasteiger partial charge >= 0.3 is 0 Å². The molecule has 166 valence electrons. The number of ether oxygens (including phenoxy) is 1. The Kier molecular flexibility index (Phi) is 7.34. The number of hydrogen-bond acceptors (Lipinski definition) is 6. The molecule has 0 aliphatic carbocycles. The first-order valence-electron chi connectivity index (χ1n) is 9.34. The van der Waals surface area contributed by atoms with Crippen LogP contribution in [0.3, 0.4) is 0 Å². The number of sulfonamides is 1. The van der Waals surface area contributed by atoms with Gasteiger partial charge in [0, 0.05) is 10.6 Å². The molecule has 0 saturated heterocycles. The smallest absolute Gasteiger partial charge is 0.264 e. The molecular formula is C22H20ClN3O5S. The second kappa shape index (κ2) is 10.2. The van der Waals surface area contributed by atoms with Crippen LogP contribution in [-0.4, -0.2) is 39.3 Å². The van der Waals surface area contributed by atoms with E-state index in [0.717, 1.165) is 4.31 Å². The van der Waals surface area contributed by atoms with Gasteiger partial charge < -0.3 is 9.84 Å². The fourth-order valence-electron chi connectivity index (χ4n) is 2.79. The molecule has 3 aromatic rings. The Labute approximate surface area is 190 Å². The van der Waals surface area contributed by atoms with Crippen LogP contribution in [0.4, 0.5) is 5.69 Å². The van der Waals surface area contributed by atoms with Crippen molar-refractivity contribution in [1.82, 2.24) is 5.43 Å². The van der Waals surface area contributed by atoms with Crippen LogP contribution in [-0.2, 0) is 14.8 Å². The van der Waals surface area contributed by atoms with Crippen LogP contribution in [0.25, 0.3) is 0 Å². The van der Waals surface area contributed by atoms with Crippen molar-refractivity contribution < 1.29 is 23.1 Å². The second-order valence-electron chi connectivity index (χ2n) is 6.49. The number of anilines is 1. The van der Waals surface area contributed by atoms with Crippen molar-refractivity contribution in [2.75, 3.05) is 18.0 Å². The third kappa shape index (κ3) is 5.37. The van der Waals surface area contributed by atoms with Gasteiger partial charge in [0.15, 0.2) is 11.5 Å². The van der Waals surface area contributed by atoms with Gasteiger partial charge in [-0.2, -0.15) is 5.10 Å². The molecule has 1 amide bonds. The minimum atomic E-state index is -4.05. The van der Waals surface area contributed by atoms with Crippen LogP contribution in [0.15, 0.2) is 82.8 Å². The number of benzene rings is 3. The van der Waals surface area contributed by atoms with Crippen LogP contribution in [0.1, 0.15) is 5.56 Å². The number of carbonyl (C=O) groups excluding carboxylic acids is 1. The second-order valence-corrected chi connectivity index (χ2v) is 8.79. The van der Waals surface area contributed by atoms with Crippen molar-refractivity contribution in [2.24, 2.45) is 5.10 Å². The molecule has 32 heavy (non-hydrogen) atoms. The summed E-state index contributed by atoms with van der Waals surface area (Å²) in [5, 5.41) is 14.3. The molecule has 0 aliphatic heterocycles.